The first-order valence-corrected chi connectivity index (χ1v) is 14.6. The summed E-state index contributed by atoms with van der Waals surface area (Å²) >= 11 is 6.29. The zero-order valence-corrected chi connectivity index (χ0v) is 25.1. The highest BCUT2D eigenvalue weighted by Gasteiger charge is 2.63. The third kappa shape index (κ3) is 5.19. The molecular formula is C33H37ClN3O5+. The average Bonchev–Trinajstić information content (AvgIpc) is 3.46. The molecule has 1 aliphatic heterocycles. The van der Waals surface area contributed by atoms with E-state index in [1.807, 2.05) is 31.2 Å². The normalized spacial score (nSPS) is 20.4. The van der Waals surface area contributed by atoms with E-state index in [-0.39, 0.29) is 25.7 Å². The van der Waals surface area contributed by atoms with E-state index in [9.17, 15) is 19.5 Å². The summed E-state index contributed by atoms with van der Waals surface area (Å²) in [5.74, 6) is -0.555. The lowest BCUT2D eigenvalue weighted by Gasteiger charge is -2.38. The largest absolute Gasteiger partial charge is 0.444 e. The lowest BCUT2D eigenvalue weighted by atomic mass is 9.88. The molecule has 5 rings (SSSR count). The zero-order valence-electron chi connectivity index (χ0n) is 24.4. The number of imide groups is 1. The number of nitrogens with zero attached hydrogens (tertiary/aromatic N) is 1. The van der Waals surface area contributed by atoms with E-state index in [4.69, 9.17) is 16.3 Å². The smallest absolute Gasteiger partial charge is 0.424 e. The molecule has 1 heterocycles. The predicted molar refractivity (Wildman–Crippen MR) is 160 cm³/mol. The molecule has 1 saturated heterocycles. The van der Waals surface area contributed by atoms with Gasteiger partial charge in [0.25, 0.3) is 0 Å². The van der Waals surface area contributed by atoms with Gasteiger partial charge in [-0.2, -0.15) is 4.48 Å². The molecule has 42 heavy (non-hydrogen) atoms. The number of carbonyl (C=O) groups is 3. The molecular weight excluding hydrogens is 554 g/mol. The molecule has 4 amide bonds. The van der Waals surface area contributed by atoms with Gasteiger partial charge in [0, 0.05) is 42.1 Å². The van der Waals surface area contributed by atoms with Crippen LogP contribution in [0.3, 0.4) is 0 Å². The van der Waals surface area contributed by atoms with Crippen LogP contribution >= 0.6 is 11.6 Å². The summed E-state index contributed by atoms with van der Waals surface area (Å²) in [7, 11) is 0. The summed E-state index contributed by atoms with van der Waals surface area (Å²) < 4.78 is 4.82. The third-order valence-corrected chi connectivity index (χ3v) is 8.50. The van der Waals surface area contributed by atoms with Crippen molar-refractivity contribution < 1.29 is 28.7 Å². The van der Waals surface area contributed by atoms with E-state index >= 15 is 0 Å². The van der Waals surface area contributed by atoms with Crippen LogP contribution in [0.1, 0.15) is 62.8 Å². The molecule has 8 nitrogen and oxygen atoms in total. The van der Waals surface area contributed by atoms with Crippen LogP contribution in [0.25, 0.3) is 11.1 Å². The Labute approximate surface area is 251 Å². The van der Waals surface area contributed by atoms with Crippen molar-refractivity contribution in [2.24, 2.45) is 0 Å². The van der Waals surface area contributed by atoms with Crippen molar-refractivity contribution in [3.05, 3.63) is 94.0 Å². The number of alkyl carbamates (subject to hydrolysis) is 1. The number of benzene rings is 3. The minimum Gasteiger partial charge on any atom is -0.444 e. The van der Waals surface area contributed by atoms with Gasteiger partial charge in [-0.25, -0.2) is 14.4 Å². The van der Waals surface area contributed by atoms with Gasteiger partial charge in [0.15, 0.2) is 0 Å². The molecule has 0 aromatic heterocycles. The number of rotatable bonds is 5. The molecule has 2 aliphatic rings. The highest BCUT2D eigenvalue weighted by molar-refractivity contribution is 6.30. The van der Waals surface area contributed by atoms with Crippen LogP contribution in [-0.2, 0) is 28.2 Å². The Kier molecular flexibility index (Phi) is 7.91. The van der Waals surface area contributed by atoms with Crippen LogP contribution in [0.2, 0.25) is 5.02 Å². The fourth-order valence-electron chi connectivity index (χ4n) is 6.23. The fraction of sp³-hybridized carbons (Fsp3) is 0.364. The van der Waals surface area contributed by atoms with Crippen molar-refractivity contribution in [3.63, 3.8) is 0 Å². The first-order chi connectivity index (χ1) is 19.9. The van der Waals surface area contributed by atoms with Gasteiger partial charge in [0.1, 0.15) is 11.6 Å². The van der Waals surface area contributed by atoms with E-state index in [0.29, 0.717) is 34.6 Å². The van der Waals surface area contributed by atoms with Gasteiger partial charge < -0.3 is 20.5 Å². The Morgan fingerprint density at radius 3 is 2.12 bits per heavy atom. The Morgan fingerprint density at radius 2 is 1.55 bits per heavy atom. The number of quaternary nitrogens is 1. The Balaban J connectivity index is 1.43. The molecule has 3 aromatic rings. The maximum absolute atomic E-state index is 14.7. The molecule has 1 aliphatic carbocycles. The number of likely N-dealkylation sites (tertiary alicyclic amines) is 1. The van der Waals surface area contributed by atoms with Crippen molar-refractivity contribution in [1.29, 1.82) is 0 Å². The third-order valence-electron chi connectivity index (χ3n) is 8.26. The number of ether oxygens (including phenoxy) is 1. The molecule has 0 radical (unpaired) electrons. The highest BCUT2D eigenvalue weighted by Crippen LogP contribution is 2.50. The summed E-state index contributed by atoms with van der Waals surface area (Å²) in [6.07, 6.45) is 0.779. The van der Waals surface area contributed by atoms with Crippen LogP contribution in [0.15, 0.2) is 66.7 Å². The molecule has 0 bridgehead atoms. The SMILES string of the molecule is C[C@@H]1CCC[N+]1(C(=O)NCc1cc(Cl)ccc1CNC(=O)OC(C)(C)C)C(=O)C1(O)c2ccccc2-c2ccccc21. The second-order valence-electron chi connectivity index (χ2n) is 12.1. The van der Waals surface area contributed by atoms with Crippen molar-refractivity contribution in [2.75, 3.05) is 6.54 Å². The lowest BCUT2D eigenvalue weighted by Crippen LogP contribution is -2.67. The maximum atomic E-state index is 14.7. The first kappa shape index (κ1) is 29.8. The quantitative estimate of drug-likeness (QED) is 0.315. The maximum Gasteiger partial charge on any atom is 0.424 e. The Bertz CT molecular complexity index is 1500. The van der Waals surface area contributed by atoms with Crippen LogP contribution in [0.4, 0.5) is 9.59 Å². The number of hydrogen-bond acceptors (Lipinski definition) is 5. The molecule has 220 valence electrons. The molecule has 3 aromatic carbocycles. The number of amides is 4. The first-order valence-electron chi connectivity index (χ1n) is 14.2. The number of nitrogens with one attached hydrogen (secondary N) is 2. The van der Waals surface area contributed by atoms with Gasteiger partial charge >= 0.3 is 18.0 Å². The predicted octanol–water partition coefficient (Wildman–Crippen LogP) is 6.02. The van der Waals surface area contributed by atoms with E-state index in [1.165, 1.54) is 0 Å². The van der Waals surface area contributed by atoms with Crippen LogP contribution in [0.5, 0.6) is 0 Å². The van der Waals surface area contributed by atoms with E-state index in [2.05, 4.69) is 10.6 Å². The lowest BCUT2D eigenvalue weighted by molar-refractivity contribution is -0.788. The van der Waals surface area contributed by atoms with Gasteiger partial charge in [-0.1, -0.05) is 66.2 Å². The van der Waals surface area contributed by atoms with Crippen molar-refractivity contribution in [2.45, 2.75) is 70.9 Å². The van der Waals surface area contributed by atoms with Gasteiger partial charge in [0.2, 0.25) is 5.60 Å². The van der Waals surface area contributed by atoms with Crippen LogP contribution in [0, 0.1) is 0 Å². The summed E-state index contributed by atoms with van der Waals surface area (Å²) in [4.78, 5) is 41.1. The van der Waals surface area contributed by atoms with Crippen molar-refractivity contribution >= 4 is 29.6 Å². The van der Waals surface area contributed by atoms with Crippen LogP contribution < -0.4 is 10.6 Å². The monoisotopic (exact) mass is 590 g/mol. The Hall–Kier alpha value is -3.72. The number of halogens is 1. The van der Waals surface area contributed by atoms with E-state index in [0.717, 1.165) is 16.7 Å². The summed E-state index contributed by atoms with van der Waals surface area (Å²) in [5.41, 5.74) is 1.39. The zero-order chi connectivity index (χ0) is 30.3. The molecule has 0 saturated carbocycles. The topological polar surface area (TPSA) is 105 Å². The molecule has 9 heteroatoms. The minimum atomic E-state index is -1.97. The fourth-order valence-corrected chi connectivity index (χ4v) is 6.42. The number of fused-ring (bicyclic) bond motifs is 3. The summed E-state index contributed by atoms with van der Waals surface area (Å²) in [5, 5.41) is 18.5. The number of carbonyl (C=O) groups excluding carboxylic acids is 3. The minimum absolute atomic E-state index is 0.0797. The molecule has 3 N–H and O–H groups in total. The second-order valence-corrected chi connectivity index (χ2v) is 12.6. The van der Waals surface area contributed by atoms with Crippen molar-refractivity contribution in [1.82, 2.24) is 10.6 Å². The number of urea groups is 1. The van der Waals surface area contributed by atoms with Gasteiger partial charge in [-0.15, -0.1) is 0 Å². The van der Waals surface area contributed by atoms with E-state index in [1.54, 1.807) is 63.2 Å². The summed E-state index contributed by atoms with van der Waals surface area (Å²) in [6.45, 7) is 7.77. The van der Waals surface area contributed by atoms with Crippen molar-refractivity contribution in [3.8, 4) is 11.1 Å². The molecule has 1 unspecified atom stereocenters. The average molecular weight is 591 g/mol. The number of aliphatic hydroxyl groups is 1. The molecule has 1 fully saturated rings. The Morgan fingerprint density at radius 1 is 0.952 bits per heavy atom. The van der Waals surface area contributed by atoms with E-state index < -0.39 is 33.7 Å². The number of hydrogen-bond donors (Lipinski definition) is 3. The summed E-state index contributed by atoms with van der Waals surface area (Å²) in [6, 6.07) is 19.1. The van der Waals surface area contributed by atoms with Gasteiger partial charge in [-0.05, 0) is 62.1 Å². The van der Waals surface area contributed by atoms with Gasteiger partial charge in [0.05, 0.1) is 6.54 Å². The highest BCUT2D eigenvalue weighted by atomic mass is 35.5. The molecule has 2 atom stereocenters. The second kappa shape index (κ2) is 11.2. The standard InChI is InChI=1S/C33H36ClN3O5/c1-21-10-9-17-37(21,29(38)33(41)27-13-7-5-11-25(27)26-12-6-8-14-28(26)33)30(39)35-20-23-18-24(34)16-15-22(23)19-36-31(40)42-32(2,3)4/h5-8,11-16,18,21,41H,9-10,17,19-20H2,1-4H3,(H-,35,36,39,40)/p+1/t21-,37?/m1/s1. The molecule has 0 spiro atoms. The van der Waals surface area contributed by atoms with Crippen LogP contribution in [-0.4, -0.2) is 45.8 Å². The van der Waals surface area contributed by atoms with Gasteiger partial charge in [-0.3, -0.25) is 0 Å².